The van der Waals surface area contributed by atoms with Crippen LogP contribution in [0.3, 0.4) is 0 Å². The van der Waals surface area contributed by atoms with Crippen molar-refractivity contribution in [2.24, 2.45) is 0 Å². The second kappa shape index (κ2) is 6.83. The predicted octanol–water partition coefficient (Wildman–Crippen LogP) is 4.73. The molecule has 1 rings (SSSR count). The highest BCUT2D eigenvalue weighted by Crippen LogP contribution is 2.09. The Morgan fingerprint density at radius 2 is 1.50 bits per heavy atom. The fourth-order valence-corrected chi connectivity index (χ4v) is 2.78. The third-order valence-electron chi connectivity index (χ3n) is 1.94. The molecule has 1 heteroatoms. The van der Waals surface area contributed by atoms with E-state index in [2.05, 4.69) is 45.6 Å². The molecule has 0 atom stereocenters. The van der Waals surface area contributed by atoms with Crippen molar-refractivity contribution in [2.75, 3.05) is 0 Å². The van der Waals surface area contributed by atoms with Crippen LogP contribution in [0.5, 0.6) is 0 Å². The SMILES string of the molecule is CCC[Si](C)(C)C.Cc1ccccc1. The summed E-state index contributed by atoms with van der Waals surface area (Å²) in [4.78, 5) is 0. The molecule has 0 amide bonds. The van der Waals surface area contributed by atoms with Gasteiger partial charge in [-0.15, -0.1) is 0 Å². The zero-order valence-corrected chi connectivity index (χ0v) is 11.3. The maximum absolute atomic E-state index is 2.41. The fraction of sp³-hybridized carbons (Fsp3) is 0.538. The lowest BCUT2D eigenvalue weighted by Gasteiger charge is -2.12. The molecule has 0 unspecified atom stereocenters. The van der Waals surface area contributed by atoms with E-state index in [-0.39, 0.29) is 0 Å². The Kier molecular flexibility index (Phi) is 6.55. The first-order chi connectivity index (χ1) is 6.45. The van der Waals surface area contributed by atoms with Crippen molar-refractivity contribution in [1.82, 2.24) is 0 Å². The molecule has 80 valence electrons. The van der Waals surface area contributed by atoms with E-state index in [1.165, 1.54) is 18.0 Å². The summed E-state index contributed by atoms with van der Waals surface area (Å²) in [6, 6.07) is 11.7. The molecular weight excluding hydrogens is 184 g/mol. The van der Waals surface area contributed by atoms with Crippen molar-refractivity contribution < 1.29 is 0 Å². The van der Waals surface area contributed by atoms with Crippen LogP contribution < -0.4 is 0 Å². The molecule has 0 aromatic heterocycles. The van der Waals surface area contributed by atoms with E-state index in [1.807, 2.05) is 18.2 Å². The van der Waals surface area contributed by atoms with Crippen LogP contribution in [-0.2, 0) is 0 Å². The van der Waals surface area contributed by atoms with E-state index in [9.17, 15) is 0 Å². The molecule has 0 N–H and O–H groups in total. The normalized spacial score (nSPS) is 10.4. The monoisotopic (exact) mass is 208 g/mol. The molecule has 0 radical (unpaired) electrons. The van der Waals surface area contributed by atoms with Crippen molar-refractivity contribution in [3.8, 4) is 0 Å². The standard InChI is InChI=1S/C7H8.C6H16Si/c1-7-5-3-2-4-6-7;1-5-6-7(2,3)4/h2-6H,1H3;5-6H2,1-4H3. The van der Waals surface area contributed by atoms with Crippen molar-refractivity contribution in [2.45, 2.75) is 46.0 Å². The lowest BCUT2D eigenvalue weighted by Crippen LogP contribution is -2.17. The largest absolute Gasteiger partial charge is 0.0695 e. The molecule has 1 aromatic carbocycles. The number of hydrogen-bond donors (Lipinski definition) is 0. The average molecular weight is 208 g/mol. The molecule has 0 spiro atoms. The molecule has 0 aliphatic heterocycles. The Labute approximate surface area is 90.4 Å². The first-order valence-electron chi connectivity index (χ1n) is 5.47. The Hall–Kier alpha value is -0.563. The Morgan fingerprint density at radius 1 is 1.00 bits per heavy atom. The van der Waals surface area contributed by atoms with E-state index < -0.39 is 8.07 Å². The van der Waals surface area contributed by atoms with Gasteiger partial charge in [0.2, 0.25) is 0 Å². The lowest BCUT2D eigenvalue weighted by molar-refractivity contribution is 1.05. The molecular formula is C13H24Si. The summed E-state index contributed by atoms with van der Waals surface area (Å²) in [6.45, 7) is 11.6. The van der Waals surface area contributed by atoms with Crippen LogP contribution in [0.2, 0.25) is 25.7 Å². The van der Waals surface area contributed by atoms with E-state index in [0.29, 0.717) is 0 Å². The smallest absolute Gasteiger partial charge is 0.0442 e. The number of benzene rings is 1. The molecule has 0 nitrogen and oxygen atoms in total. The first-order valence-corrected chi connectivity index (χ1v) is 9.18. The highest BCUT2D eigenvalue weighted by molar-refractivity contribution is 6.76. The zero-order valence-electron chi connectivity index (χ0n) is 10.3. The Bertz CT molecular complexity index is 221. The van der Waals surface area contributed by atoms with Gasteiger partial charge in [-0.25, -0.2) is 0 Å². The van der Waals surface area contributed by atoms with Gasteiger partial charge in [0.25, 0.3) is 0 Å². The highest BCUT2D eigenvalue weighted by atomic mass is 28.3. The molecule has 0 saturated heterocycles. The van der Waals surface area contributed by atoms with E-state index in [0.717, 1.165) is 0 Å². The fourth-order valence-electron chi connectivity index (χ4n) is 1.28. The van der Waals surface area contributed by atoms with Crippen molar-refractivity contribution in [3.05, 3.63) is 35.9 Å². The van der Waals surface area contributed by atoms with Crippen LogP contribution in [0.1, 0.15) is 18.9 Å². The van der Waals surface area contributed by atoms with Crippen LogP contribution in [-0.4, -0.2) is 8.07 Å². The summed E-state index contributed by atoms with van der Waals surface area (Å²) in [7, 11) is -0.657. The molecule has 14 heavy (non-hydrogen) atoms. The maximum atomic E-state index is 2.41. The van der Waals surface area contributed by atoms with Crippen LogP contribution >= 0.6 is 0 Å². The van der Waals surface area contributed by atoms with E-state index >= 15 is 0 Å². The molecule has 0 saturated carbocycles. The Balaban J connectivity index is 0.000000241. The maximum Gasteiger partial charge on any atom is 0.0442 e. The molecule has 1 aromatic rings. The number of aryl methyl sites for hydroxylation is 1. The Morgan fingerprint density at radius 3 is 1.64 bits per heavy atom. The topological polar surface area (TPSA) is 0 Å². The molecule has 0 aliphatic rings. The minimum Gasteiger partial charge on any atom is -0.0695 e. The number of rotatable bonds is 2. The zero-order chi connectivity index (χ0) is 11.0. The second-order valence-electron chi connectivity index (χ2n) is 4.97. The summed E-state index contributed by atoms with van der Waals surface area (Å²) >= 11 is 0. The van der Waals surface area contributed by atoms with E-state index in [1.54, 1.807) is 0 Å². The van der Waals surface area contributed by atoms with Crippen LogP contribution in [0.4, 0.5) is 0 Å². The van der Waals surface area contributed by atoms with Crippen molar-refractivity contribution >= 4 is 8.07 Å². The van der Waals surface area contributed by atoms with Gasteiger partial charge in [0.15, 0.2) is 0 Å². The summed E-state index contributed by atoms with van der Waals surface area (Å²) in [5, 5.41) is 0. The van der Waals surface area contributed by atoms with Gasteiger partial charge >= 0.3 is 0 Å². The van der Waals surface area contributed by atoms with Crippen LogP contribution in [0.15, 0.2) is 30.3 Å². The first kappa shape index (κ1) is 13.4. The minimum absolute atomic E-state index is 0.657. The minimum atomic E-state index is -0.657. The van der Waals surface area contributed by atoms with Crippen molar-refractivity contribution in [1.29, 1.82) is 0 Å². The van der Waals surface area contributed by atoms with Gasteiger partial charge < -0.3 is 0 Å². The van der Waals surface area contributed by atoms with Gasteiger partial charge in [-0.05, 0) is 6.92 Å². The van der Waals surface area contributed by atoms with Gasteiger partial charge in [-0.3, -0.25) is 0 Å². The predicted molar refractivity (Wildman–Crippen MR) is 69.6 cm³/mol. The van der Waals surface area contributed by atoms with Crippen LogP contribution in [0.25, 0.3) is 0 Å². The third-order valence-corrected chi connectivity index (χ3v) is 3.94. The van der Waals surface area contributed by atoms with Gasteiger partial charge in [0.05, 0.1) is 0 Å². The van der Waals surface area contributed by atoms with Gasteiger partial charge in [0, 0.05) is 8.07 Å². The van der Waals surface area contributed by atoms with Gasteiger partial charge in [0.1, 0.15) is 0 Å². The molecule has 0 aliphatic carbocycles. The quantitative estimate of drug-likeness (QED) is 0.616. The van der Waals surface area contributed by atoms with Crippen molar-refractivity contribution in [3.63, 3.8) is 0 Å². The summed E-state index contributed by atoms with van der Waals surface area (Å²) in [6.07, 6.45) is 1.37. The molecule has 0 heterocycles. The number of hydrogen-bond acceptors (Lipinski definition) is 0. The molecule has 0 fully saturated rings. The van der Waals surface area contributed by atoms with Gasteiger partial charge in [-0.2, -0.15) is 0 Å². The van der Waals surface area contributed by atoms with E-state index in [4.69, 9.17) is 0 Å². The lowest BCUT2D eigenvalue weighted by atomic mass is 10.2. The average Bonchev–Trinajstić information content (AvgIpc) is 2.04. The van der Waals surface area contributed by atoms with Crippen LogP contribution in [0, 0.1) is 6.92 Å². The summed E-state index contributed by atoms with van der Waals surface area (Å²) < 4.78 is 0. The van der Waals surface area contributed by atoms with Gasteiger partial charge in [-0.1, -0.05) is 74.9 Å². The second-order valence-corrected chi connectivity index (χ2v) is 10.6. The third kappa shape index (κ3) is 9.52. The molecule has 0 bridgehead atoms. The summed E-state index contributed by atoms with van der Waals surface area (Å²) in [5.74, 6) is 0. The summed E-state index contributed by atoms with van der Waals surface area (Å²) in [5.41, 5.74) is 1.32. The highest BCUT2D eigenvalue weighted by Gasteiger charge is 2.09.